The summed E-state index contributed by atoms with van der Waals surface area (Å²) in [6, 6.07) is 12.6. The summed E-state index contributed by atoms with van der Waals surface area (Å²) in [5.74, 6) is 1.91. The average molecular weight is 364 g/mol. The molecule has 1 aromatic carbocycles. The van der Waals surface area contributed by atoms with Gasteiger partial charge in [-0.1, -0.05) is 29.8 Å². The molecule has 0 spiro atoms. The maximum Gasteiger partial charge on any atom is 0.223 e. The fourth-order valence-corrected chi connectivity index (χ4v) is 3.58. The van der Waals surface area contributed by atoms with Crippen molar-refractivity contribution in [2.75, 3.05) is 13.1 Å². The van der Waals surface area contributed by atoms with E-state index in [1.54, 1.807) is 12.7 Å². The molecule has 0 N–H and O–H groups in total. The van der Waals surface area contributed by atoms with Crippen LogP contribution < -0.4 is 0 Å². The number of nitrogens with zero attached hydrogens (tertiary/aromatic N) is 4. The Labute approximate surface area is 158 Å². The quantitative estimate of drug-likeness (QED) is 0.693. The molecule has 6 heteroatoms. The lowest BCUT2D eigenvalue weighted by Gasteiger charge is -2.32. The van der Waals surface area contributed by atoms with Gasteiger partial charge in [-0.3, -0.25) is 4.79 Å². The maximum atomic E-state index is 12.5. The normalized spacial score (nSPS) is 15.2. The van der Waals surface area contributed by atoms with Gasteiger partial charge in [0, 0.05) is 37.5 Å². The maximum absolute atomic E-state index is 12.5. The minimum atomic E-state index is 0.200. The molecule has 0 aliphatic carbocycles. The molecular weight excluding hydrogens is 340 g/mol. The van der Waals surface area contributed by atoms with Crippen molar-refractivity contribution in [3.8, 4) is 11.3 Å². The van der Waals surface area contributed by atoms with E-state index >= 15 is 0 Å². The van der Waals surface area contributed by atoms with Gasteiger partial charge in [-0.25, -0.2) is 0 Å². The largest absolute Gasteiger partial charge is 0.461 e. The van der Waals surface area contributed by atoms with Crippen molar-refractivity contribution in [2.24, 2.45) is 0 Å². The Bertz CT molecular complexity index is 875. The van der Waals surface area contributed by atoms with Crippen molar-refractivity contribution < 1.29 is 9.21 Å². The zero-order chi connectivity index (χ0) is 18.6. The summed E-state index contributed by atoms with van der Waals surface area (Å²) >= 11 is 0. The fraction of sp³-hybridized carbons (Fsp3) is 0.381. The van der Waals surface area contributed by atoms with Crippen LogP contribution in [0.4, 0.5) is 0 Å². The van der Waals surface area contributed by atoms with Gasteiger partial charge in [0.05, 0.1) is 0 Å². The third-order valence-electron chi connectivity index (χ3n) is 5.26. The van der Waals surface area contributed by atoms with Gasteiger partial charge in [-0.15, -0.1) is 10.2 Å². The van der Waals surface area contributed by atoms with Gasteiger partial charge in [0.25, 0.3) is 0 Å². The second-order valence-corrected chi connectivity index (χ2v) is 7.15. The predicted molar refractivity (Wildman–Crippen MR) is 102 cm³/mol. The number of aryl methyl sites for hydroxylation is 2. The van der Waals surface area contributed by atoms with E-state index in [2.05, 4.69) is 41.4 Å². The van der Waals surface area contributed by atoms with E-state index in [9.17, 15) is 4.79 Å². The molecule has 1 amide bonds. The standard InChI is InChI=1S/C21H24N4O2/c1-16-2-4-17(5-3-16)20-8-6-19(27-20)7-9-21(26)24-12-10-18(11-13-24)25-14-22-23-15-25/h2-6,8,14-15,18H,7,9-13H2,1H3. The summed E-state index contributed by atoms with van der Waals surface area (Å²) in [7, 11) is 0. The molecule has 0 atom stereocenters. The van der Waals surface area contributed by atoms with Crippen LogP contribution in [0, 0.1) is 6.92 Å². The van der Waals surface area contributed by atoms with Crippen molar-refractivity contribution in [1.82, 2.24) is 19.7 Å². The van der Waals surface area contributed by atoms with Crippen molar-refractivity contribution in [3.05, 3.63) is 60.4 Å². The smallest absolute Gasteiger partial charge is 0.223 e. The summed E-state index contributed by atoms with van der Waals surface area (Å²) < 4.78 is 7.96. The molecule has 3 aromatic rings. The minimum absolute atomic E-state index is 0.200. The van der Waals surface area contributed by atoms with Crippen molar-refractivity contribution in [1.29, 1.82) is 0 Å². The van der Waals surface area contributed by atoms with Gasteiger partial charge in [0.1, 0.15) is 24.2 Å². The molecule has 0 bridgehead atoms. The molecule has 2 aromatic heterocycles. The van der Waals surface area contributed by atoms with E-state index in [4.69, 9.17) is 4.42 Å². The van der Waals surface area contributed by atoms with Crippen molar-refractivity contribution in [2.45, 2.75) is 38.6 Å². The van der Waals surface area contributed by atoms with Gasteiger partial charge in [-0.2, -0.15) is 0 Å². The summed E-state index contributed by atoms with van der Waals surface area (Å²) in [6.45, 7) is 3.64. The molecule has 1 aliphatic heterocycles. The Balaban J connectivity index is 1.28. The second-order valence-electron chi connectivity index (χ2n) is 7.15. The fourth-order valence-electron chi connectivity index (χ4n) is 3.58. The van der Waals surface area contributed by atoms with Crippen LogP contribution in [0.3, 0.4) is 0 Å². The molecule has 0 radical (unpaired) electrons. The number of hydrogen-bond acceptors (Lipinski definition) is 4. The van der Waals surface area contributed by atoms with Crippen LogP contribution in [0.2, 0.25) is 0 Å². The molecule has 0 unspecified atom stereocenters. The average Bonchev–Trinajstić information content (AvgIpc) is 3.39. The van der Waals surface area contributed by atoms with Crippen LogP contribution in [0.1, 0.15) is 36.6 Å². The van der Waals surface area contributed by atoms with E-state index in [0.717, 1.165) is 43.0 Å². The zero-order valence-electron chi connectivity index (χ0n) is 15.5. The molecule has 27 heavy (non-hydrogen) atoms. The number of amides is 1. The van der Waals surface area contributed by atoms with E-state index < -0.39 is 0 Å². The molecule has 1 fully saturated rings. The van der Waals surface area contributed by atoms with E-state index in [0.29, 0.717) is 18.9 Å². The van der Waals surface area contributed by atoms with Gasteiger partial charge in [-0.05, 0) is 31.9 Å². The first-order valence-electron chi connectivity index (χ1n) is 9.47. The number of rotatable bonds is 5. The molecular formula is C21H24N4O2. The molecule has 1 saturated heterocycles. The monoisotopic (exact) mass is 364 g/mol. The lowest BCUT2D eigenvalue weighted by molar-refractivity contribution is -0.132. The van der Waals surface area contributed by atoms with Crippen molar-refractivity contribution in [3.63, 3.8) is 0 Å². The molecule has 3 heterocycles. The number of hydrogen-bond donors (Lipinski definition) is 0. The molecule has 1 aliphatic rings. The second kappa shape index (κ2) is 7.78. The topological polar surface area (TPSA) is 64.2 Å². The lowest BCUT2D eigenvalue weighted by Crippen LogP contribution is -2.39. The molecule has 4 rings (SSSR count). The van der Waals surface area contributed by atoms with Gasteiger partial charge >= 0.3 is 0 Å². The Morgan fingerprint density at radius 2 is 1.78 bits per heavy atom. The number of aromatic nitrogens is 3. The van der Waals surface area contributed by atoms with E-state index in [-0.39, 0.29) is 5.91 Å². The van der Waals surface area contributed by atoms with Crippen LogP contribution in [0.25, 0.3) is 11.3 Å². The van der Waals surface area contributed by atoms with Crippen LogP contribution in [0.15, 0.2) is 53.5 Å². The SMILES string of the molecule is Cc1ccc(-c2ccc(CCC(=O)N3CCC(n4cnnc4)CC3)o2)cc1. The third kappa shape index (κ3) is 4.10. The first-order chi connectivity index (χ1) is 13.2. The van der Waals surface area contributed by atoms with Gasteiger partial charge in [0.2, 0.25) is 5.91 Å². The number of carbonyl (C=O) groups is 1. The summed E-state index contributed by atoms with van der Waals surface area (Å²) in [5.41, 5.74) is 2.29. The van der Waals surface area contributed by atoms with Crippen molar-refractivity contribution >= 4 is 5.91 Å². The third-order valence-corrected chi connectivity index (χ3v) is 5.26. The Morgan fingerprint density at radius 3 is 2.48 bits per heavy atom. The molecule has 0 saturated carbocycles. The van der Waals surface area contributed by atoms with Crippen LogP contribution in [0.5, 0.6) is 0 Å². The first-order valence-corrected chi connectivity index (χ1v) is 9.47. The molecule has 6 nitrogen and oxygen atoms in total. The van der Waals surface area contributed by atoms with E-state index in [1.807, 2.05) is 21.6 Å². The van der Waals surface area contributed by atoms with E-state index in [1.165, 1.54) is 5.56 Å². The first kappa shape index (κ1) is 17.5. The summed E-state index contributed by atoms with van der Waals surface area (Å²) in [6.07, 6.45) is 6.52. The van der Waals surface area contributed by atoms with Gasteiger partial charge in [0.15, 0.2) is 0 Å². The van der Waals surface area contributed by atoms with Crippen LogP contribution in [-0.2, 0) is 11.2 Å². The summed E-state index contributed by atoms with van der Waals surface area (Å²) in [5, 5.41) is 7.73. The number of carbonyl (C=O) groups excluding carboxylic acids is 1. The van der Waals surface area contributed by atoms with Gasteiger partial charge < -0.3 is 13.9 Å². The number of benzene rings is 1. The Kier molecular flexibility index (Phi) is 5.05. The Hall–Kier alpha value is -2.89. The summed E-state index contributed by atoms with van der Waals surface area (Å²) in [4.78, 5) is 14.5. The minimum Gasteiger partial charge on any atom is -0.461 e. The number of likely N-dealkylation sites (tertiary alicyclic amines) is 1. The lowest BCUT2D eigenvalue weighted by atomic mass is 10.0. The highest BCUT2D eigenvalue weighted by atomic mass is 16.3. The Morgan fingerprint density at radius 1 is 1.07 bits per heavy atom. The highest BCUT2D eigenvalue weighted by Crippen LogP contribution is 2.25. The number of piperidine rings is 1. The zero-order valence-corrected chi connectivity index (χ0v) is 15.5. The number of furan rings is 1. The predicted octanol–water partition coefficient (Wildman–Crippen LogP) is 3.64. The van der Waals surface area contributed by atoms with Crippen LogP contribution >= 0.6 is 0 Å². The highest BCUT2D eigenvalue weighted by Gasteiger charge is 2.23. The molecule has 140 valence electrons. The van der Waals surface area contributed by atoms with Crippen LogP contribution in [-0.4, -0.2) is 38.7 Å². The highest BCUT2D eigenvalue weighted by molar-refractivity contribution is 5.76.